The molecule has 1 aliphatic heterocycles. The Balaban J connectivity index is 2.49. The van der Waals surface area contributed by atoms with E-state index in [0.717, 1.165) is 6.42 Å². The van der Waals surface area contributed by atoms with Crippen LogP contribution in [0.15, 0.2) is 0 Å². The van der Waals surface area contributed by atoms with E-state index in [0.29, 0.717) is 13.0 Å². The van der Waals surface area contributed by atoms with Crippen LogP contribution in [0.1, 0.15) is 26.7 Å². The lowest BCUT2D eigenvalue weighted by atomic mass is 10.0. The number of ether oxygens (including phenoxy) is 1. The van der Waals surface area contributed by atoms with Crippen LogP contribution >= 0.6 is 0 Å². The molecule has 1 amide bonds. The fourth-order valence-corrected chi connectivity index (χ4v) is 1.76. The van der Waals surface area contributed by atoms with E-state index in [9.17, 15) is 4.79 Å². The van der Waals surface area contributed by atoms with Crippen molar-refractivity contribution >= 4 is 5.91 Å². The van der Waals surface area contributed by atoms with Crippen molar-refractivity contribution in [2.45, 2.75) is 38.8 Å². The number of rotatable bonds is 3. The van der Waals surface area contributed by atoms with Gasteiger partial charge in [0.2, 0.25) is 5.91 Å². The van der Waals surface area contributed by atoms with Crippen molar-refractivity contribution in [3.63, 3.8) is 0 Å². The van der Waals surface area contributed by atoms with Crippen LogP contribution in [0.2, 0.25) is 0 Å². The van der Waals surface area contributed by atoms with Gasteiger partial charge >= 0.3 is 0 Å². The molecular weight excluding hydrogens is 192 g/mol. The molecule has 3 unspecified atom stereocenters. The first-order valence-electron chi connectivity index (χ1n) is 5.31. The molecule has 1 fully saturated rings. The fourth-order valence-electron chi connectivity index (χ4n) is 1.76. The second-order valence-electron chi connectivity index (χ2n) is 4.24. The van der Waals surface area contributed by atoms with Gasteiger partial charge in [0.05, 0.1) is 31.1 Å². The molecule has 0 aromatic rings. The van der Waals surface area contributed by atoms with Gasteiger partial charge in [-0.25, -0.2) is 0 Å². The fraction of sp³-hybridized carbons (Fsp3) is 0.818. The maximum absolute atomic E-state index is 11.9. The molecule has 84 valence electrons. The van der Waals surface area contributed by atoms with E-state index in [-0.39, 0.29) is 24.0 Å². The number of carbonyl (C=O) groups excluding carboxylic acids is 1. The van der Waals surface area contributed by atoms with Crippen LogP contribution in [0.4, 0.5) is 0 Å². The summed E-state index contributed by atoms with van der Waals surface area (Å²) in [5, 5.41) is 8.56. The van der Waals surface area contributed by atoms with Gasteiger partial charge in [-0.3, -0.25) is 4.79 Å². The molecule has 4 nitrogen and oxygen atoms in total. The summed E-state index contributed by atoms with van der Waals surface area (Å²) in [7, 11) is 1.76. The zero-order chi connectivity index (χ0) is 11.4. The Morgan fingerprint density at radius 1 is 1.73 bits per heavy atom. The van der Waals surface area contributed by atoms with Gasteiger partial charge in [0.15, 0.2) is 0 Å². The van der Waals surface area contributed by atoms with Crippen LogP contribution in [-0.2, 0) is 9.53 Å². The highest BCUT2D eigenvalue weighted by Gasteiger charge is 2.31. The van der Waals surface area contributed by atoms with Crippen LogP contribution in [0.25, 0.3) is 0 Å². The molecule has 0 N–H and O–H groups in total. The average molecular weight is 210 g/mol. The Morgan fingerprint density at radius 3 is 2.87 bits per heavy atom. The molecule has 0 radical (unpaired) electrons. The van der Waals surface area contributed by atoms with Crippen molar-refractivity contribution < 1.29 is 9.53 Å². The van der Waals surface area contributed by atoms with Gasteiger partial charge in [0, 0.05) is 13.1 Å². The Bertz CT molecular complexity index is 272. The summed E-state index contributed by atoms with van der Waals surface area (Å²) < 4.78 is 5.36. The highest BCUT2D eigenvalue weighted by Crippen LogP contribution is 2.21. The monoisotopic (exact) mass is 210 g/mol. The summed E-state index contributed by atoms with van der Waals surface area (Å²) in [4.78, 5) is 13.6. The minimum absolute atomic E-state index is 0.0154. The standard InChI is InChI=1S/C11H18N2O2/c1-8(4-5-12)13(3)11(14)10-6-9(2)15-7-10/h8-10H,4,6-7H2,1-3H3. The molecule has 0 aromatic carbocycles. The van der Waals surface area contributed by atoms with E-state index in [4.69, 9.17) is 10.00 Å². The van der Waals surface area contributed by atoms with E-state index < -0.39 is 0 Å². The quantitative estimate of drug-likeness (QED) is 0.702. The zero-order valence-corrected chi connectivity index (χ0v) is 9.56. The Morgan fingerprint density at radius 2 is 2.40 bits per heavy atom. The maximum Gasteiger partial charge on any atom is 0.228 e. The normalized spacial score (nSPS) is 27.1. The third-order valence-electron chi connectivity index (χ3n) is 2.94. The molecule has 3 atom stereocenters. The molecule has 15 heavy (non-hydrogen) atoms. The lowest BCUT2D eigenvalue weighted by Crippen LogP contribution is -2.39. The van der Waals surface area contributed by atoms with E-state index in [1.165, 1.54) is 0 Å². The molecule has 1 rings (SSSR count). The molecule has 1 aliphatic rings. The van der Waals surface area contributed by atoms with Crippen LogP contribution < -0.4 is 0 Å². The number of amides is 1. The molecule has 1 saturated heterocycles. The molecule has 0 aliphatic carbocycles. The second-order valence-corrected chi connectivity index (χ2v) is 4.24. The summed E-state index contributed by atoms with van der Waals surface area (Å²) in [5.41, 5.74) is 0. The first kappa shape index (κ1) is 12.0. The van der Waals surface area contributed by atoms with E-state index >= 15 is 0 Å². The second kappa shape index (κ2) is 5.13. The topological polar surface area (TPSA) is 53.3 Å². The number of hydrogen-bond acceptors (Lipinski definition) is 3. The predicted molar refractivity (Wildman–Crippen MR) is 56.0 cm³/mol. The zero-order valence-electron chi connectivity index (χ0n) is 9.56. The van der Waals surface area contributed by atoms with E-state index in [2.05, 4.69) is 6.07 Å². The summed E-state index contributed by atoms with van der Waals surface area (Å²) in [6.07, 6.45) is 1.35. The minimum atomic E-state index is -0.0221. The van der Waals surface area contributed by atoms with Crippen LogP contribution in [-0.4, -0.2) is 36.6 Å². The Labute approximate surface area is 90.8 Å². The van der Waals surface area contributed by atoms with Crippen molar-refractivity contribution in [2.24, 2.45) is 5.92 Å². The largest absolute Gasteiger partial charge is 0.378 e. The van der Waals surface area contributed by atoms with E-state index in [1.54, 1.807) is 11.9 Å². The first-order chi connectivity index (χ1) is 7.06. The van der Waals surface area contributed by atoms with Gasteiger partial charge in [-0.2, -0.15) is 5.26 Å². The van der Waals surface area contributed by atoms with E-state index in [1.807, 2.05) is 13.8 Å². The average Bonchev–Trinajstić information content (AvgIpc) is 2.63. The third-order valence-corrected chi connectivity index (χ3v) is 2.94. The summed E-state index contributed by atoms with van der Waals surface area (Å²) >= 11 is 0. The molecule has 0 aromatic heterocycles. The molecule has 1 heterocycles. The highest BCUT2D eigenvalue weighted by molar-refractivity contribution is 5.79. The van der Waals surface area contributed by atoms with Gasteiger partial charge in [-0.1, -0.05) is 0 Å². The summed E-state index contributed by atoms with van der Waals surface area (Å²) in [6, 6.07) is 2.06. The number of nitrogens with zero attached hydrogens (tertiary/aromatic N) is 2. The van der Waals surface area contributed by atoms with Crippen LogP contribution in [0.3, 0.4) is 0 Å². The number of hydrogen-bond donors (Lipinski definition) is 0. The van der Waals surface area contributed by atoms with Crippen LogP contribution in [0, 0.1) is 17.2 Å². The highest BCUT2D eigenvalue weighted by atomic mass is 16.5. The number of nitriles is 1. The first-order valence-corrected chi connectivity index (χ1v) is 5.31. The predicted octanol–water partition coefficient (Wildman–Crippen LogP) is 1.17. The van der Waals surface area contributed by atoms with Gasteiger partial charge in [-0.15, -0.1) is 0 Å². The number of carbonyl (C=O) groups is 1. The Hall–Kier alpha value is -1.08. The van der Waals surface area contributed by atoms with Gasteiger partial charge in [0.25, 0.3) is 0 Å². The molecule has 0 saturated carbocycles. The van der Waals surface area contributed by atoms with Crippen molar-refractivity contribution in [3.05, 3.63) is 0 Å². The summed E-state index contributed by atoms with van der Waals surface area (Å²) in [6.45, 7) is 4.38. The van der Waals surface area contributed by atoms with Gasteiger partial charge in [0.1, 0.15) is 0 Å². The smallest absolute Gasteiger partial charge is 0.228 e. The molecule has 4 heteroatoms. The SMILES string of the molecule is CC1CC(C(=O)N(C)C(C)CC#N)CO1. The van der Waals surface area contributed by atoms with Crippen molar-refractivity contribution in [3.8, 4) is 6.07 Å². The molecule has 0 bridgehead atoms. The van der Waals surface area contributed by atoms with Crippen molar-refractivity contribution in [2.75, 3.05) is 13.7 Å². The van der Waals surface area contributed by atoms with Crippen LogP contribution in [0.5, 0.6) is 0 Å². The van der Waals surface area contributed by atoms with Gasteiger partial charge < -0.3 is 9.64 Å². The van der Waals surface area contributed by atoms with Crippen molar-refractivity contribution in [1.82, 2.24) is 4.90 Å². The minimum Gasteiger partial charge on any atom is -0.378 e. The maximum atomic E-state index is 11.9. The molecular formula is C11H18N2O2. The molecule has 0 spiro atoms. The lowest BCUT2D eigenvalue weighted by molar-refractivity contribution is -0.135. The third kappa shape index (κ3) is 2.93. The summed E-state index contributed by atoms with van der Waals surface area (Å²) in [5.74, 6) is 0.0771. The lowest BCUT2D eigenvalue weighted by Gasteiger charge is -2.25. The van der Waals surface area contributed by atoms with Crippen molar-refractivity contribution in [1.29, 1.82) is 5.26 Å². The Kier molecular flexibility index (Phi) is 4.10. The van der Waals surface area contributed by atoms with Gasteiger partial charge in [-0.05, 0) is 20.3 Å².